The number of H-pyrrole nitrogens is 1. The standard InChI is InChI=1S/C17H17N3O2S/c1-11-5-7-13(8-6-11)22-12(2)16(21)20-17-19-15(10-23-17)14-4-3-9-18-14/h3-10,12,18H,1-2H3,(H,19,20,21). The van der Waals surface area contributed by atoms with Crippen LogP contribution in [0.5, 0.6) is 5.75 Å². The molecule has 23 heavy (non-hydrogen) atoms. The van der Waals surface area contributed by atoms with E-state index in [9.17, 15) is 4.79 Å². The molecule has 0 radical (unpaired) electrons. The zero-order valence-electron chi connectivity index (χ0n) is 12.9. The van der Waals surface area contributed by atoms with Crippen molar-refractivity contribution in [3.05, 3.63) is 53.5 Å². The predicted octanol–water partition coefficient (Wildman–Crippen LogP) is 3.85. The van der Waals surface area contributed by atoms with Gasteiger partial charge in [0.05, 0.1) is 11.4 Å². The molecule has 2 N–H and O–H groups in total. The quantitative estimate of drug-likeness (QED) is 0.748. The van der Waals surface area contributed by atoms with Crippen molar-refractivity contribution in [3.63, 3.8) is 0 Å². The average Bonchev–Trinajstić information content (AvgIpc) is 3.20. The van der Waals surface area contributed by atoms with E-state index in [0.29, 0.717) is 10.9 Å². The summed E-state index contributed by atoms with van der Waals surface area (Å²) in [5, 5.41) is 5.24. The second-order valence-corrected chi connectivity index (χ2v) is 6.04. The summed E-state index contributed by atoms with van der Waals surface area (Å²) < 4.78 is 5.64. The van der Waals surface area contributed by atoms with E-state index >= 15 is 0 Å². The zero-order chi connectivity index (χ0) is 16.2. The smallest absolute Gasteiger partial charge is 0.266 e. The van der Waals surface area contributed by atoms with Crippen LogP contribution in [0.2, 0.25) is 0 Å². The first-order valence-electron chi connectivity index (χ1n) is 7.25. The van der Waals surface area contributed by atoms with Crippen LogP contribution in [-0.2, 0) is 4.79 Å². The van der Waals surface area contributed by atoms with Crippen molar-refractivity contribution in [1.29, 1.82) is 0 Å². The molecule has 1 aromatic carbocycles. The van der Waals surface area contributed by atoms with Gasteiger partial charge in [-0.1, -0.05) is 17.7 Å². The second kappa shape index (κ2) is 6.66. The molecule has 0 saturated carbocycles. The molecule has 3 aromatic rings. The number of nitrogens with zero attached hydrogens (tertiary/aromatic N) is 1. The molecule has 1 amide bonds. The minimum Gasteiger partial charge on any atom is -0.481 e. The molecule has 1 atom stereocenters. The van der Waals surface area contributed by atoms with Crippen LogP contribution in [0.15, 0.2) is 48.0 Å². The van der Waals surface area contributed by atoms with E-state index in [1.165, 1.54) is 11.3 Å². The van der Waals surface area contributed by atoms with Gasteiger partial charge in [-0.25, -0.2) is 4.98 Å². The number of carbonyl (C=O) groups excluding carboxylic acids is 1. The lowest BCUT2D eigenvalue weighted by Gasteiger charge is -2.13. The van der Waals surface area contributed by atoms with Gasteiger partial charge in [0.1, 0.15) is 5.75 Å². The molecule has 2 aromatic heterocycles. The van der Waals surface area contributed by atoms with Gasteiger partial charge in [0.15, 0.2) is 11.2 Å². The number of aryl methyl sites for hydroxylation is 1. The number of benzene rings is 1. The molecule has 2 heterocycles. The van der Waals surface area contributed by atoms with Crippen LogP contribution in [0.4, 0.5) is 5.13 Å². The Morgan fingerprint density at radius 1 is 1.30 bits per heavy atom. The van der Waals surface area contributed by atoms with Crippen molar-refractivity contribution in [2.75, 3.05) is 5.32 Å². The van der Waals surface area contributed by atoms with Crippen LogP contribution in [0.1, 0.15) is 12.5 Å². The summed E-state index contributed by atoms with van der Waals surface area (Å²) in [6, 6.07) is 11.4. The van der Waals surface area contributed by atoms with Crippen LogP contribution < -0.4 is 10.1 Å². The van der Waals surface area contributed by atoms with E-state index in [1.54, 1.807) is 6.92 Å². The normalized spacial score (nSPS) is 11.9. The number of aromatic nitrogens is 2. The fourth-order valence-electron chi connectivity index (χ4n) is 2.03. The average molecular weight is 327 g/mol. The third-order valence-electron chi connectivity index (χ3n) is 3.31. The maximum atomic E-state index is 12.2. The number of hydrogen-bond acceptors (Lipinski definition) is 4. The molecule has 0 aliphatic rings. The van der Waals surface area contributed by atoms with Crippen LogP contribution in [-0.4, -0.2) is 22.0 Å². The zero-order valence-corrected chi connectivity index (χ0v) is 13.7. The van der Waals surface area contributed by atoms with Crippen molar-refractivity contribution >= 4 is 22.4 Å². The number of anilines is 1. The van der Waals surface area contributed by atoms with Gasteiger partial charge in [-0.2, -0.15) is 0 Å². The van der Waals surface area contributed by atoms with E-state index in [0.717, 1.165) is 17.0 Å². The Balaban J connectivity index is 1.61. The first-order chi connectivity index (χ1) is 11.1. The Labute approximate surface area is 138 Å². The summed E-state index contributed by atoms with van der Waals surface area (Å²) in [6.07, 6.45) is 1.24. The maximum Gasteiger partial charge on any atom is 0.266 e. The molecule has 3 rings (SSSR count). The second-order valence-electron chi connectivity index (χ2n) is 5.18. The van der Waals surface area contributed by atoms with Crippen molar-refractivity contribution in [1.82, 2.24) is 9.97 Å². The molecule has 1 unspecified atom stereocenters. The Kier molecular flexibility index (Phi) is 4.43. The van der Waals surface area contributed by atoms with E-state index in [2.05, 4.69) is 15.3 Å². The fourth-order valence-corrected chi connectivity index (χ4v) is 2.74. The molecule has 0 aliphatic heterocycles. The summed E-state index contributed by atoms with van der Waals surface area (Å²) in [7, 11) is 0. The molecule has 0 saturated heterocycles. The summed E-state index contributed by atoms with van der Waals surface area (Å²) in [5.74, 6) is 0.447. The highest BCUT2D eigenvalue weighted by atomic mass is 32.1. The van der Waals surface area contributed by atoms with Crippen molar-refractivity contribution < 1.29 is 9.53 Å². The third kappa shape index (κ3) is 3.78. The van der Waals surface area contributed by atoms with Gasteiger partial charge in [0.2, 0.25) is 0 Å². The Bertz CT molecular complexity index is 779. The van der Waals surface area contributed by atoms with Gasteiger partial charge in [-0.3, -0.25) is 10.1 Å². The first-order valence-corrected chi connectivity index (χ1v) is 8.13. The summed E-state index contributed by atoms with van der Waals surface area (Å²) in [4.78, 5) is 19.7. The van der Waals surface area contributed by atoms with Crippen LogP contribution in [0.3, 0.4) is 0 Å². The van der Waals surface area contributed by atoms with Gasteiger partial charge in [-0.05, 0) is 38.1 Å². The van der Waals surface area contributed by atoms with E-state index in [1.807, 2.05) is 54.9 Å². The van der Waals surface area contributed by atoms with Gasteiger partial charge < -0.3 is 9.72 Å². The molecule has 0 aliphatic carbocycles. The molecule has 5 nitrogen and oxygen atoms in total. The van der Waals surface area contributed by atoms with Crippen LogP contribution >= 0.6 is 11.3 Å². The lowest BCUT2D eigenvalue weighted by molar-refractivity contribution is -0.122. The van der Waals surface area contributed by atoms with Crippen LogP contribution in [0.25, 0.3) is 11.4 Å². The van der Waals surface area contributed by atoms with Gasteiger partial charge in [0, 0.05) is 11.6 Å². The van der Waals surface area contributed by atoms with E-state index < -0.39 is 6.10 Å². The van der Waals surface area contributed by atoms with Gasteiger partial charge in [0.25, 0.3) is 5.91 Å². The SMILES string of the molecule is Cc1ccc(OC(C)C(=O)Nc2nc(-c3ccc[nH]3)cs2)cc1. The van der Waals surface area contributed by atoms with Crippen molar-refractivity contribution in [3.8, 4) is 17.1 Å². The maximum absolute atomic E-state index is 12.2. The first kappa shape index (κ1) is 15.3. The largest absolute Gasteiger partial charge is 0.481 e. The van der Waals surface area contributed by atoms with Crippen LogP contribution in [0, 0.1) is 6.92 Å². The number of hydrogen-bond donors (Lipinski definition) is 2. The van der Waals surface area contributed by atoms with Crippen molar-refractivity contribution in [2.45, 2.75) is 20.0 Å². The van der Waals surface area contributed by atoms with E-state index in [-0.39, 0.29) is 5.91 Å². The third-order valence-corrected chi connectivity index (χ3v) is 4.07. The molecular weight excluding hydrogens is 310 g/mol. The Hall–Kier alpha value is -2.60. The number of aromatic amines is 1. The highest BCUT2D eigenvalue weighted by Gasteiger charge is 2.16. The molecule has 118 valence electrons. The number of thiazole rings is 1. The number of nitrogens with one attached hydrogen (secondary N) is 2. The number of carbonyl (C=O) groups is 1. The lowest BCUT2D eigenvalue weighted by Crippen LogP contribution is -2.30. The highest BCUT2D eigenvalue weighted by Crippen LogP contribution is 2.23. The minimum atomic E-state index is -0.601. The fraction of sp³-hybridized carbons (Fsp3) is 0.176. The predicted molar refractivity (Wildman–Crippen MR) is 91.8 cm³/mol. The molecule has 0 fully saturated rings. The number of rotatable bonds is 5. The number of ether oxygens (including phenoxy) is 1. The Morgan fingerprint density at radius 3 is 2.78 bits per heavy atom. The summed E-state index contributed by atoms with van der Waals surface area (Å²) in [5.41, 5.74) is 2.88. The molecule has 6 heteroatoms. The lowest BCUT2D eigenvalue weighted by atomic mass is 10.2. The summed E-state index contributed by atoms with van der Waals surface area (Å²) >= 11 is 1.38. The number of amides is 1. The topological polar surface area (TPSA) is 67.0 Å². The molecular formula is C17H17N3O2S. The molecule has 0 bridgehead atoms. The van der Waals surface area contributed by atoms with Gasteiger partial charge >= 0.3 is 0 Å². The van der Waals surface area contributed by atoms with Gasteiger partial charge in [-0.15, -0.1) is 11.3 Å². The van der Waals surface area contributed by atoms with Crippen molar-refractivity contribution in [2.24, 2.45) is 0 Å². The Morgan fingerprint density at radius 2 is 2.09 bits per heavy atom. The monoisotopic (exact) mass is 327 g/mol. The molecule has 0 spiro atoms. The summed E-state index contributed by atoms with van der Waals surface area (Å²) in [6.45, 7) is 3.72. The minimum absolute atomic E-state index is 0.224. The highest BCUT2D eigenvalue weighted by molar-refractivity contribution is 7.14. The van der Waals surface area contributed by atoms with E-state index in [4.69, 9.17) is 4.74 Å².